The van der Waals surface area contributed by atoms with Crippen LogP contribution >= 0.6 is 11.3 Å². The van der Waals surface area contributed by atoms with Crippen molar-refractivity contribution in [2.24, 2.45) is 5.10 Å². The lowest BCUT2D eigenvalue weighted by Gasteiger charge is -2.31. The molecule has 3 heterocycles. The lowest BCUT2D eigenvalue weighted by molar-refractivity contribution is -0.133. The SMILES string of the molecule is COc1ccc([C@@H]2CC(c3cccs3)=NN2C(=O)CN(CCN2CCOCC2)C(=O)NC(C)C)cc1. The highest BCUT2D eigenvalue weighted by atomic mass is 32.1. The predicted molar refractivity (Wildman–Crippen MR) is 141 cm³/mol. The number of hydrogen-bond donors (Lipinski definition) is 1. The summed E-state index contributed by atoms with van der Waals surface area (Å²) in [7, 11) is 1.63. The molecule has 1 atom stereocenters. The third kappa shape index (κ3) is 6.63. The molecule has 0 bridgehead atoms. The molecule has 9 nitrogen and oxygen atoms in total. The number of nitrogens with one attached hydrogen (secondary N) is 1. The van der Waals surface area contributed by atoms with Gasteiger partial charge in [-0.05, 0) is 43.0 Å². The van der Waals surface area contributed by atoms with Gasteiger partial charge in [0, 0.05) is 38.6 Å². The van der Waals surface area contributed by atoms with Crippen LogP contribution < -0.4 is 10.1 Å². The minimum atomic E-state index is -0.241. The molecule has 2 aliphatic heterocycles. The smallest absolute Gasteiger partial charge is 0.318 e. The van der Waals surface area contributed by atoms with Crippen LogP contribution in [0.15, 0.2) is 46.9 Å². The molecule has 2 aromatic rings. The van der Waals surface area contributed by atoms with Crippen molar-refractivity contribution >= 4 is 29.0 Å². The zero-order valence-corrected chi connectivity index (χ0v) is 22.0. The van der Waals surface area contributed by atoms with Crippen LogP contribution in [-0.4, -0.2) is 91.5 Å². The van der Waals surface area contributed by atoms with Crippen molar-refractivity contribution in [2.75, 3.05) is 53.0 Å². The standard InChI is InChI=1S/C26H35N5O4S/c1-19(2)27-26(33)30(11-10-29-12-14-35-15-13-29)18-25(32)31-23(20-6-8-21(34-3)9-7-20)17-22(28-31)24-5-4-16-36-24/h4-9,16,19,23H,10-15,17-18H2,1-3H3,(H,27,33)/t23-/m0/s1. The molecular formula is C26H35N5O4S. The lowest BCUT2D eigenvalue weighted by Crippen LogP contribution is -2.50. The summed E-state index contributed by atoms with van der Waals surface area (Å²) in [4.78, 5) is 31.6. The predicted octanol–water partition coefficient (Wildman–Crippen LogP) is 3.19. The summed E-state index contributed by atoms with van der Waals surface area (Å²) in [5, 5.41) is 11.3. The van der Waals surface area contributed by atoms with Gasteiger partial charge in [-0.1, -0.05) is 18.2 Å². The molecule has 0 radical (unpaired) electrons. The first kappa shape index (κ1) is 26.1. The van der Waals surface area contributed by atoms with Crippen LogP contribution in [0.5, 0.6) is 5.75 Å². The number of ether oxygens (including phenoxy) is 2. The van der Waals surface area contributed by atoms with Crippen LogP contribution in [0.1, 0.15) is 36.8 Å². The van der Waals surface area contributed by atoms with Gasteiger partial charge in [-0.25, -0.2) is 9.80 Å². The fourth-order valence-electron chi connectivity index (χ4n) is 4.33. The van der Waals surface area contributed by atoms with Crippen LogP contribution in [0.4, 0.5) is 4.79 Å². The Labute approximate surface area is 216 Å². The van der Waals surface area contributed by atoms with Gasteiger partial charge in [-0.15, -0.1) is 11.3 Å². The second-order valence-electron chi connectivity index (χ2n) is 9.24. The molecule has 0 spiro atoms. The van der Waals surface area contributed by atoms with Crippen molar-refractivity contribution in [3.05, 3.63) is 52.2 Å². The van der Waals surface area contributed by atoms with Gasteiger partial charge in [0.2, 0.25) is 0 Å². The maximum absolute atomic E-state index is 13.7. The van der Waals surface area contributed by atoms with Crippen molar-refractivity contribution in [2.45, 2.75) is 32.4 Å². The third-order valence-electron chi connectivity index (χ3n) is 6.29. The van der Waals surface area contributed by atoms with Crippen molar-refractivity contribution in [1.82, 2.24) is 20.1 Å². The highest BCUT2D eigenvalue weighted by Gasteiger charge is 2.35. The van der Waals surface area contributed by atoms with Gasteiger partial charge in [0.25, 0.3) is 5.91 Å². The number of carbonyl (C=O) groups is 2. The highest BCUT2D eigenvalue weighted by Crippen LogP contribution is 2.34. The van der Waals surface area contributed by atoms with E-state index in [0.717, 1.165) is 35.0 Å². The Morgan fingerprint density at radius 2 is 1.97 bits per heavy atom. The van der Waals surface area contributed by atoms with E-state index in [0.29, 0.717) is 32.7 Å². The second-order valence-corrected chi connectivity index (χ2v) is 10.2. The number of nitrogens with zero attached hydrogens (tertiary/aromatic N) is 4. The molecule has 1 aromatic carbocycles. The molecule has 2 aliphatic rings. The zero-order valence-electron chi connectivity index (χ0n) is 21.2. The number of carbonyl (C=O) groups excluding carboxylic acids is 2. The van der Waals surface area contributed by atoms with E-state index in [1.807, 2.05) is 55.6 Å². The maximum Gasteiger partial charge on any atom is 0.318 e. The summed E-state index contributed by atoms with van der Waals surface area (Å²) in [5.74, 6) is 0.553. The molecular weight excluding hydrogens is 478 g/mol. The average molecular weight is 514 g/mol. The van der Waals surface area contributed by atoms with E-state index in [1.54, 1.807) is 28.4 Å². The average Bonchev–Trinajstić information content (AvgIpc) is 3.57. The van der Waals surface area contributed by atoms with Crippen LogP contribution in [-0.2, 0) is 9.53 Å². The van der Waals surface area contributed by atoms with Crippen LogP contribution in [0.25, 0.3) is 0 Å². The van der Waals surface area contributed by atoms with Gasteiger partial charge in [-0.2, -0.15) is 5.10 Å². The third-order valence-corrected chi connectivity index (χ3v) is 7.21. The van der Waals surface area contributed by atoms with Gasteiger partial charge < -0.3 is 19.7 Å². The topological polar surface area (TPSA) is 86.7 Å². The summed E-state index contributed by atoms with van der Waals surface area (Å²) in [5.41, 5.74) is 1.86. The Morgan fingerprint density at radius 3 is 2.61 bits per heavy atom. The Bertz CT molecular complexity index is 1040. The summed E-state index contributed by atoms with van der Waals surface area (Å²) in [6.45, 7) is 7.96. The van der Waals surface area contributed by atoms with E-state index in [2.05, 4.69) is 10.2 Å². The quantitative estimate of drug-likeness (QED) is 0.557. The summed E-state index contributed by atoms with van der Waals surface area (Å²) in [6.07, 6.45) is 0.616. The van der Waals surface area contributed by atoms with Crippen molar-refractivity contribution in [3.63, 3.8) is 0 Å². The Kier molecular flexibility index (Phi) is 8.95. The molecule has 3 amide bonds. The van der Waals surface area contributed by atoms with Gasteiger partial charge in [0.1, 0.15) is 12.3 Å². The number of benzene rings is 1. The Hall–Kier alpha value is -2.95. The lowest BCUT2D eigenvalue weighted by atomic mass is 10.0. The fraction of sp³-hybridized carbons (Fsp3) is 0.500. The van der Waals surface area contributed by atoms with Gasteiger partial charge in [-0.3, -0.25) is 9.69 Å². The van der Waals surface area contributed by atoms with Gasteiger partial charge in [0.05, 0.1) is 37.0 Å². The van der Waals surface area contributed by atoms with Crippen LogP contribution in [0, 0.1) is 0 Å². The van der Waals surface area contributed by atoms with Gasteiger partial charge >= 0.3 is 6.03 Å². The molecule has 194 valence electrons. The molecule has 1 aromatic heterocycles. The molecule has 1 fully saturated rings. The first-order valence-electron chi connectivity index (χ1n) is 12.4. The second kappa shape index (κ2) is 12.3. The minimum absolute atomic E-state index is 0.0271. The number of morpholine rings is 1. The number of thiophene rings is 1. The van der Waals surface area contributed by atoms with E-state index in [9.17, 15) is 9.59 Å². The fourth-order valence-corrected chi connectivity index (χ4v) is 5.05. The van der Waals surface area contributed by atoms with E-state index in [1.165, 1.54) is 0 Å². The maximum atomic E-state index is 13.7. The number of rotatable bonds is 9. The van der Waals surface area contributed by atoms with E-state index < -0.39 is 0 Å². The molecule has 10 heteroatoms. The van der Waals surface area contributed by atoms with Crippen molar-refractivity contribution in [3.8, 4) is 5.75 Å². The zero-order chi connectivity index (χ0) is 25.5. The number of urea groups is 1. The van der Waals surface area contributed by atoms with Crippen molar-refractivity contribution in [1.29, 1.82) is 0 Å². The number of hydrogen-bond acceptors (Lipinski definition) is 7. The first-order valence-corrected chi connectivity index (χ1v) is 13.3. The van der Waals surface area contributed by atoms with Crippen molar-refractivity contribution < 1.29 is 19.1 Å². The normalized spacial score (nSPS) is 18.3. The van der Waals surface area contributed by atoms with E-state index in [-0.39, 0.29) is 30.6 Å². The molecule has 1 saturated heterocycles. The van der Waals surface area contributed by atoms with Crippen LogP contribution in [0.2, 0.25) is 0 Å². The summed E-state index contributed by atoms with van der Waals surface area (Å²) >= 11 is 1.61. The monoisotopic (exact) mass is 513 g/mol. The minimum Gasteiger partial charge on any atom is -0.497 e. The Morgan fingerprint density at radius 1 is 1.22 bits per heavy atom. The number of amides is 3. The first-order chi connectivity index (χ1) is 17.4. The molecule has 1 N–H and O–H groups in total. The number of hydrazone groups is 1. The van der Waals surface area contributed by atoms with Crippen LogP contribution in [0.3, 0.4) is 0 Å². The summed E-state index contributed by atoms with van der Waals surface area (Å²) in [6, 6.07) is 11.2. The summed E-state index contributed by atoms with van der Waals surface area (Å²) < 4.78 is 10.7. The molecule has 36 heavy (non-hydrogen) atoms. The van der Waals surface area contributed by atoms with E-state index in [4.69, 9.17) is 14.6 Å². The number of methoxy groups -OCH3 is 1. The molecule has 0 unspecified atom stereocenters. The molecule has 4 rings (SSSR count). The van der Waals surface area contributed by atoms with E-state index >= 15 is 0 Å². The Balaban J connectivity index is 1.53. The molecule has 0 aliphatic carbocycles. The highest BCUT2D eigenvalue weighted by molar-refractivity contribution is 7.12. The van der Waals surface area contributed by atoms with Gasteiger partial charge in [0.15, 0.2) is 0 Å². The largest absolute Gasteiger partial charge is 0.497 e. The molecule has 0 saturated carbocycles.